The van der Waals surface area contributed by atoms with Gasteiger partial charge in [0.05, 0.1) is 0 Å². The van der Waals surface area contributed by atoms with E-state index in [1.807, 2.05) is 6.92 Å². The lowest BCUT2D eigenvalue weighted by atomic mass is 10.2. The maximum absolute atomic E-state index is 11.7. The lowest BCUT2D eigenvalue weighted by Crippen LogP contribution is -2.11. The van der Waals surface area contributed by atoms with Crippen LogP contribution in [0, 0.1) is 0 Å². The van der Waals surface area contributed by atoms with E-state index in [-0.39, 0.29) is 11.9 Å². The number of carbonyl (C=O) groups is 2. The summed E-state index contributed by atoms with van der Waals surface area (Å²) in [6, 6.07) is 6.77. The molecule has 21 heavy (non-hydrogen) atoms. The Hall–Kier alpha value is -1.84. The number of hydrogen-bond acceptors (Lipinski definition) is 4. The highest BCUT2D eigenvalue weighted by molar-refractivity contribution is 5.76. The van der Waals surface area contributed by atoms with Crippen molar-refractivity contribution in [3.63, 3.8) is 0 Å². The van der Waals surface area contributed by atoms with Gasteiger partial charge in [-0.15, -0.1) is 0 Å². The standard InChI is InChI=1S/C17H24O4/c1-3-5-7-13-17(19)21-15-11-9-8-10-14(15)20-16(18)12-6-4-2/h8-11H,3-7,12-13H2,1-2H3. The quantitative estimate of drug-likeness (QED) is 0.387. The summed E-state index contributed by atoms with van der Waals surface area (Å²) in [5.74, 6) is 0.0260. The highest BCUT2D eigenvalue weighted by atomic mass is 16.6. The minimum absolute atomic E-state index is 0.291. The molecule has 0 aromatic heterocycles. The van der Waals surface area contributed by atoms with E-state index in [2.05, 4.69) is 6.92 Å². The molecule has 0 fully saturated rings. The monoisotopic (exact) mass is 292 g/mol. The molecule has 0 atom stereocenters. The molecule has 0 N–H and O–H groups in total. The van der Waals surface area contributed by atoms with Gasteiger partial charge in [-0.05, 0) is 25.0 Å². The molecule has 0 bridgehead atoms. The molecule has 0 amide bonds. The van der Waals surface area contributed by atoms with Crippen molar-refractivity contribution >= 4 is 11.9 Å². The van der Waals surface area contributed by atoms with Gasteiger partial charge in [0.1, 0.15) is 0 Å². The van der Waals surface area contributed by atoms with E-state index in [0.29, 0.717) is 24.3 Å². The first kappa shape index (κ1) is 17.2. The van der Waals surface area contributed by atoms with E-state index in [9.17, 15) is 9.59 Å². The zero-order valence-electron chi connectivity index (χ0n) is 12.9. The van der Waals surface area contributed by atoms with Crippen LogP contribution in [0.15, 0.2) is 24.3 Å². The lowest BCUT2D eigenvalue weighted by molar-refractivity contribution is -0.137. The average molecular weight is 292 g/mol. The molecule has 0 unspecified atom stereocenters. The fourth-order valence-corrected chi connectivity index (χ4v) is 1.81. The number of esters is 2. The van der Waals surface area contributed by atoms with Crippen molar-refractivity contribution in [2.45, 2.75) is 58.8 Å². The average Bonchev–Trinajstić information content (AvgIpc) is 2.47. The van der Waals surface area contributed by atoms with Crippen molar-refractivity contribution in [2.75, 3.05) is 0 Å². The fraction of sp³-hybridized carbons (Fsp3) is 0.529. The molecule has 116 valence electrons. The van der Waals surface area contributed by atoms with Crippen LogP contribution in [0.2, 0.25) is 0 Å². The Labute approximate surface area is 126 Å². The Morgan fingerprint density at radius 2 is 1.29 bits per heavy atom. The number of ether oxygens (including phenoxy) is 2. The molecule has 1 aromatic carbocycles. The number of benzene rings is 1. The number of unbranched alkanes of at least 4 members (excludes halogenated alkanes) is 3. The molecule has 0 aliphatic carbocycles. The molecular weight excluding hydrogens is 268 g/mol. The van der Waals surface area contributed by atoms with E-state index >= 15 is 0 Å². The van der Waals surface area contributed by atoms with E-state index in [1.54, 1.807) is 24.3 Å². The zero-order chi connectivity index (χ0) is 15.5. The predicted molar refractivity (Wildman–Crippen MR) is 81.4 cm³/mol. The number of carbonyl (C=O) groups excluding carboxylic acids is 2. The first-order valence-electron chi connectivity index (χ1n) is 7.67. The highest BCUT2D eigenvalue weighted by Crippen LogP contribution is 2.27. The van der Waals surface area contributed by atoms with Crippen LogP contribution in [-0.2, 0) is 9.59 Å². The van der Waals surface area contributed by atoms with Gasteiger partial charge in [-0.3, -0.25) is 9.59 Å². The third-order valence-electron chi connectivity index (χ3n) is 3.02. The van der Waals surface area contributed by atoms with Gasteiger partial charge in [0.25, 0.3) is 0 Å². The lowest BCUT2D eigenvalue weighted by Gasteiger charge is -2.10. The maximum atomic E-state index is 11.7. The van der Waals surface area contributed by atoms with E-state index in [1.165, 1.54) is 0 Å². The van der Waals surface area contributed by atoms with Crippen molar-refractivity contribution in [3.05, 3.63) is 24.3 Å². The Bertz CT molecular complexity index is 454. The van der Waals surface area contributed by atoms with Gasteiger partial charge in [0.2, 0.25) is 0 Å². The molecule has 4 nitrogen and oxygen atoms in total. The van der Waals surface area contributed by atoms with Gasteiger partial charge in [-0.1, -0.05) is 45.2 Å². The van der Waals surface area contributed by atoms with Gasteiger partial charge < -0.3 is 9.47 Å². The third kappa shape index (κ3) is 6.93. The Morgan fingerprint density at radius 3 is 1.76 bits per heavy atom. The molecule has 1 rings (SSSR count). The summed E-state index contributed by atoms with van der Waals surface area (Å²) in [7, 11) is 0. The van der Waals surface area contributed by atoms with Gasteiger partial charge in [0.15, 0.2) is 11.5 Å². The van der Waals surface area contributed by atoms with Gasteiger partial charge in [0, 0.05) is 12.8 Å². The summed E-state index contributed by atoms with van der Waals surface area (Å²) >= 11 is 0. The molecule has 0 aliphatic heterocycles. The number of hydrogen-bond donors (Lipinski definition) is 0. The summed E-state index contributed by atoms with van der Waals surface area (Å²) in [6.07, 6.45) is 5.34. The first-order valence-corrected chi connectivity index (χ1v) is 7.67. The summed E-state index contributed by atoms with van der Waals surface area (Å²) in [6.45, 7) is 4.09. The molecule has 0 radical (unpaired) electrons. The summed E-state index contributed by atoms with van der Waals surface area (Å²) in [5.41, 5.74) is 0. The normalized spacial score (nSPS) is 10.2. The van der Waals surface area contributed by atoms with Crippen LogP contribution in [0.1, 0.15) is 58.8 Å². The fourth-order valence-electron chi connectivity index (χ4n) is 1.81. The van der Waals surface area contributed by atoms with Crippen molar-refractivity contribution in [2.24, 2.45) is 0 Å². The molecular formula is C17H24O4. The van der Waals surface area contributed by atoms with E-state index in [4.69, 9.17) is 9.47 Å². The molecule has 0 spiro atoms. The van der Waals surface area contributed by atoms with Crippen LogP contribution in [0.25, 0.3) is 0 Å². The molecule has 0 heterocycles. The minimum Gasteiger partial charge on any atom is -0.423 e. The summed E-state index contributed by atoms with van der Waals surface area (Å²) < 4.78 is 10.5. The second-order valence-corrected chi connectivity index (χ2v) is 4.96. The van der Waals surface area contributed by atoms with Crippen molar-refractivity contribution in [3.8, 4) is 11.5 Å². The topological polar surface area (TPSA) is 52.6 Å². The Morgan fingerprint density at radius 1 is 0.810 bits per heavy atom. The van der Waals surface area contributed by atoms with Crippen LogP contribution >= 0.6 is 0 Å². The van der Waals surface area contributed by atoms with Crippen LogP contribution in [0.4, 0.5) is 0 Å². The van der Waals surface area contributed by atoms with E-state index in [0.717, 1.165) is 32.1 Å². The Balaban J connectivity index is 2.58. The third-order valence-corrected chi connectivity index (χ3v) is 3.02. The van der Waals surface area contributed by atoms with Gasteiger partial charge in [-0.25, -0.2) is 0 Å². The molecule has 0 aliphatic rings. The molecule has 1 aromatic rings. The molecule has 4 heteroatoms. The van der Waals surface area contributed by atoms with Crippen molar-refractivity contribution in [1.82, 2.24) is 0 Å². The van der Waals surface area contributed by atoms with Gasteiger partial charge >= 0.3 is 11.9 Å². The maximum Gasteiger partial charge on any atom is 0.311 e. The van der Waals surface area contributed by atoms with E-state index < -0.39 is 0 Å². The van der Waals surface area contributed by atoms with Crippen molar-refractivity contribution < 1.29 is 19.1 Å². The van der Waals surface area contributed by atoms with Crippen LogP contribution in [0.5, 0.6) is 11.5 Å². The molecule has 0 saturated carbocycles. The largest absolute Gasteiger partial charge is 0.423 e. The number of rotatable bonds is 9. The van der Waals surface area contributed by atoms with Crippen LogP contribution in [-0.4, -0.2) is 11.9 Å². The van der Waals surface area contributed by atoms with Crippen molar-refractivity contribution in [1.29, 1.82) is 0 Å². The zero-order valence-corrected chi connectivity index (χ0v) is 12.9. The highest BCUT2D eigenvalue weighted by Gasteiger charge is 2.12. The summed E-state index contributed by atoms with van der Waals surface area (Å²) in [5, 5.41) is 0. The SMILES string of the molecule is CCCCCC(=O)Oc1ccccc1OC(=O)CCCC. The number of para-hydroxylation sites is 2. The minimum atomic E-state index is -0.300. The predicted octanol–water partition coefficient (Wildman–Crippen LogP) is 4.27. The first-order chi connectivity index (χ1) is 10.2. The molecule has 0 saturated heterocycles. The van der Waals surface area contributed by atoms with Crippen LogP contribution in [0.3, 0.4) is 0 Å². The Kier molecular flexibility index (Phi) is 8.17. The van der Waals surface area contributed by atoms with Crippen LogP contribution < -0.4 is 9.47 Å². The second-order valence-electron chi connectivity index (χ2n) is 4.96. The summed E-state index contributed by atoms with van der Waals surface area (Å²) in [4.78, 5) is 23.4. The second kappa shape index (κ2) is 9.97. The smallest absolute Gasteiger partial charge is 0.311 e. The van der Waals surface area contributed by atoms with Gasteiger partial charge in [-0.2, -0.15) is 0 Å².